The second-order valence-electron chi connectivity index (χ2n) is 17.4. The van der Waals surface area contributed by atoms with Crippen LogP contribution in [0.15, 0.2) is 258 Å². The van der Waals surface area contributed by atoms with E-state index in [0.29, 0.717) is 70.9 Å². The molecule has 9 aromatic rings. The number of para-hydroxylation sites is 10. The Labute approximate surface area is 554 Å². The van der Waals surface area contributed by atoms with Gasteiger partial charge in [-0.1, -0.05) is 109 Å². The van der Waals surface area contributed by atoms with Crippen LogP contribution >= 0.6 is 0 Å². The molecule has 0 bridgehead atoms. The Morgan fingerprint density at radius 1 is 0.261 bits per heavy atom. The van der Waals surface area contributed by atoms with Gasteiger partial charge in [0.15, 0.2) is 0 Å². The maximum Gasteiger partial charge on any atom is 0.124 e. The van der Waals surface area contributed by atoms with E-state index in [0.717, 1.165) is 11.1 Å². The minimum atomic E-state index is 0. The van der Waals surface area contributed by atoms with Crippen molar-refractivity contribution in [3.8, 4) is 46.0 Å². The predicted octanol–water partition coefficient (Wildman–Crippen LogP) is 12.7. The Kier molecular flexibility index (Phi) is 39.4. The van der Waals surface area contributed by atoms with Crippen LogP contribution in [0.5, 0.6) is 46.0 Å². The summed E-state index contributed by atoms with van der Waals surface area (Å²) < 4.78 is 0. The quantitative estimate of drug-likeness (QED) is 0.0261. The number of benzene rings is 9. The molecule has 0 unspecified atom stereocenters. The van der Waals surface area contributed by atoms with Crippen molar-refractivity contribution >= 4 is 61.1 Å². The molecule has 0 heterocycles. The molecule has 8 N–H and O–H groups in total. The normalized spacial score (nSPS) is 10.7. The number of hydrogen-bond donors (Lipinski definition) is 8. The molecule has 0 aliphatic carbocycles. The topological polar surface area (TPSA) is 261 Å². The molecule has 0 spiro atoms. The van der Waals surface area contributed by atoms with Gasteiger partial charge in [0.25, 0.3) is 0 Å². The maximum atomic E-state index is 9.79. The van der Waals surface area contributed by atoms with Crippen LogP contribution in [-0.2, 0) is 67.4 Å². The molecule has 9 rings (SSSR count). The van der Waals surface area contributed by atoms with E-state index < -0.39 is 0 Å². The molecule has 0 aliphatic rings. The van der Waals surface area contributed by atoms with Crippen molar-refractivity contribution in [3.05, 3.63) is 263 Å². The van der Waals surface area contributed by atoms with Gasteiger partial charge in [0.05, 0.1) is 37.6 Å². The molecule has 0 aliphatic heterocycles. The summed E-state index contributed by atoms with van der Waals surface area (Å²) in [7, 11) is 3.35. The molecular weight excluding hydrogens is 1290 g/mol. The van der Waals surface area contributed by atoms with Crippen molar-refractivity contribution in [1.29, 1.82) is 0 Å². The Hall–Kier alpha value is -9.22. The zero-order valence-corrected chi connectivity index (χ0v) is 51.8. The summed E-state index contributed by atoms with van der Waals surface area (Å²) in [5, 5.41) is 76.1. The van der Waals surface area contributed by atoms with Gasteiger partial charge in [0.1, 0.15) is 46.0 Å². The van der Waals surface area contributed by atoms with Gasteiger partial charge in [-0.2, -0.15) is 0 Å². The van der Waals surface area contributed by atoms with Crippen molar-refractivity contribution in [3.63, 3.8) is 0 Å². The third-order valence-corrected chi connectivity index (χ3v) is 11.2. The molecule has 20 heteroatoms. The van der Waals surface area contributed by atoms with E-state index >= 15 is 0 Å². The molecule has 2 radical (unpaired) electrons. The van der Waals surface area contributed by atoms with Crippen LogP contribution in [0.3, 0.4) is 0 Å². The van der Waals surface area contributed by atoms with Crippen molar-refractivity contribution in [2.24, 2.45) is 39.9 Å². The first-order valence-electron chi connectivity index (χ1n) is 26.2. The standard InChI is InChI=1S/C20H16N2O2.2C16H16N2O2.2C8H9NO.Co.Cu.Fe.Ni/c23-19-11-5-1-7-15(19)13-21-17-9-3-4-10-18(17)22-14-16-8-2-6-12-20(16)24;2*19-15-7-3-1-5-13(15)11-17-9-10-18-12-14-6-2-4-8-16(14)20;2*1-9-6-7-4-2-3-5-8(7)10;;;;/h1-14,23-24H;2*1-8,11-12,19-20H,9-10H2;2*2-6,10H,1H3;;;;. The first-order chi connectivity index (χ1) is 41.0. The Morgan fingerprint density at radius 3 is 0.602 bits per heavy atom. The number of phenols is 8. The molecule has 0 fully saturated rings. The summed E-state index contributed by atoms with van der Waals surface area (Å²) in [4.78, 5) is 33.2. The van der Waals surface area contributed by atoms with Crippen molar-refractivity contribution < 1.29 is 108 Å². The largest absolute Gasteiger partial charge is 0.507 e. The van der Waals surface area contributed by atoms with Gasteiger partial charge in [0, 0.05) is 176 Å². The average Bonchev–Trinajstić information content (AvgIpc) is 3.63. The fourth-order valence-electron chi connectivity index (χ4n) is 6.89. The molecule has 464 valence electrons. The predicted molar refractivity (Wildman–Crippen MR) is 343 cm³/mol. The summed E-state index contributed by atoms with van der Waals surface area (Å²) in [6, 6.07) is 63.7. The second-order valence-corrected chi connectivity index (χ2v) is 17.4. The van der Waals surface area contributed by atoms with Crippen LogP contribution in [0.4, 0.5) is 11.4 Å². The minimum absolute atomic E-state index is 0. The van der Waals surface area contributed by atoms with E-state index in [1.165, 1.54) is 0 Å². The van der Waals surface area contributed by atoms with Crippen molar-refractivity contribution in [2.45, 2.75) is 0 Å². The number of aromatic hydroxyl groups is 8. The summed E-state index contributed by atoms with van der Waals surface area (Å²) in [5.74, 6) is 1.76. The fraction of sp³-hybridized carbons (Fsp3) is 0.0882. The Bertz CT molecular complexity index is 3370. The first kappa shape index (κ1) is 76.8. The number of phenolic OH excluding ortho intramolecular Hbond substituents is 8. The number of hydrogen-bond acceptors (Lipinski definition) is 16. The monoisotopic (exact) mass is 1360 g/mol. The summed E-state index contributed by atoms with van der Waals surface area (Å²) >= 11 is 0. The van der Waals surface area contributed by atoms with E-state index in [1.807, 2.05) is 84.9 Å². The van der Waals surface area contributed by atoms with E-state index in [-0.39, 0.29) is 113 Å². The zero-order valence-electron chi connectivity index (χ0n) is 47.7. The van der Waals surface area contributed by atoms with Crippen LogP contribution in [-0.4, -0.2) is 131 Å². The van der Waals surface area contributed by atoms with Crippen LogP contribution in [0.25, 0.3) is 0 Å². The van der Waals surface area contributed by atoms with Gasteiger partial charge in [-0.15, -0.1) is 0 Å². The van der Waals surface area contributed by atoms with E-state index in [9.17, 15) is 30.6 Å². The smallest absolute Gasteiger partial charge is 0.124 e. The Morgan fingerprint density at radius 2 is 0.420 bits per heavy atom. The third kappa shape index (κ3) is 28.8. The van der Waals surface area contributed by atoms with Crippen molar-refractivity contribution in [2.75, 3.05) is 40.3 Å². The molecule has 0 saturated heterocycles. The SMILES string of the molecule is CN=Cc1ccccc1O.CN=Cc1ccccc1O.Oc1ccccc1C=NCCN=Cc1ccccc1O.Oc1ccccc1C=NCCN=Cc1ccccc1O.Oc1ccccc1C=Nc1ccccc1N=Cc1ccccc1O.[Co].[Cu].[Fe].[Ni]. The molecule has 0 saturated carbocycles. The molecule has 0 atom stereocenters. The van der Waals surface area contributed by atoms with Crippen LogP contribution in [0, 0.1) is 0 Å². The second kappa shape index (κ2) is 45.1. The average molecular weight is 1360 g/mol. The molecule has 0 aromatic heterocycles. The Balaban J connectivity index is 0.000000563. The molecule has 88 heavy (non-hydrogen) atoms. The number of aliphatic imine (C=N–C) groups is 8. The number of nitrogens with zero attached hydrogens (tertiary/aromatic N) is 8. The van der Waals surface area contributed by atoms with E-state index in [1.54, 1.807) is 197 Å². The van der Waals surface area contributed by atoms with Crippen LogP contribution in [0.2, 0.25) is 0 Å². The van der Waals surface area contributed by atoms with Gasteiger partial charge in [-0.25, -0.2) is 0 Å². The fourth-order valence-corrected chi connectivity index (χ4v) is 6.89. The van der Waals surface area contributed by atoms with Crippen LogP contribution in [0.1, 0.15) is 44.5 Å². The van der Waals surface area contributed by atoms with E-state index in [4.69, 9.17) is 10.2 Å². The van der Waals surface area contributed by atoms with Gasteiger partial charge in [0.2, 0.25) is 0 Å². The molecule has 9 aromatic carbocycles. The zero-order chi connectivity index (χ0) is 60.0. The third-order valence-electron chi connectivity index (χ3n) is 11.2. The van der Waals surface area contributed by atoms with Crippen LogP contribution < -0.4 is 0 Å². The van der Waals surface area contributed by atoms with Gasteiger partial charge in [-0.05, 0) is 109 Å². The van der Waals surface area contributed by atoms with Crippen molar-refractivity contribution in [1.82, 2.24) is 0 Å². The summed E-state index contributed by atoms with van der Waals surface area (Å²) in [6.45, 7) is 2.10. The molecule has 16 nitrogen and oxygen atoms in total. The summed E-state index contributed by atoms with van der Waals surface area (Å²) in [5.41, 5.74) is 6.90. The molecular formula is C68H66CoCuFeN8NiO8. The maximum absolute atomic E-state index is 9.79. The van der Waals surface area contributed by atoms with Gasteiger partial charge in [-0.3, -0.25) is 39.9 Å². The number of rotatable bonds is 16. The molecule has 0 amide bonds. The summed E-state index contributed by atoms with van der Waals surface area (Å²) in [6.07, 6.45) is 13.0. The minimum Gasteiger partial charge on any atom is -0.507 e. The van der Waals surface area contributed by atoms with Gasteiger partial charge < -0.3 is 40.9 Å². The first-order valence-corrected chi connectivity index (χ1v) is 26.2. The van der Waals surface area contributed by atoms with Gasteiger partial charge >= 0.3 is 0 Å². The van der Waals surface area contributed by atoms with E-state index in [2.05, 4.69) is 39.9 Å².